The number of nitrogens with zero attached hydrogens (tertiary/aromatic N) is 4. The number of hydrogen-bond acceptors (Lipinski definition) is 4. The summed E-state index contributed by atoms with van der Waals surface area (Å²) in [5.41, 5.74) is 2.28. The molecule has 1 aromatic heterocycles. The highest BCUT2D eigenvalue weighted by atomic mass is 16.5. The lowest BCUT2D eigenvalue weighted by molar-refractivity contribution is -0.117. The van der Waals surface area contributed by atoms with Crippen molar-refractivity contribution in [1.29, 1.82) is 0 Å². The fourth-order valence-electron chi connectivity index (χ4n) is 4.10. The summed E-state index contributed by atoms with van der Waals surface area (Å²) in [6.07, 6.45) is 5.41. The van der Waals surface area contributed by atoms with E-state index >= 15 is 0 Å². The maximum Gasteiger partial charge on any atom is 0.227 e. The third kappa shape index (κ3) is 3.14. The lowest BCUT2D eigenvalue weighted by atomic mass is 9.86. The minimum Gasteiger partial charge on any atom is -0.497 e. The topological polar surface area (TPSA) is 50.6 Å². The van der Waals surface area contributed by atoms with Gasteiger partial charge in [-0.1, -0.05) is 12.1 Å². The van der Waals surface area contributed by atoms with E-state index < -0.39 is 0 Å². The van der Waals surface area contributed by atoms with Gasteiger partial charge in [-0.3, -0.25) is 14.4 Å². The van der Waals surface area contributed by atoms with Crippen molar-refractivity contribution >= 4 is 11.6 Å². The molecular weight excluding hydrogens is 316 g/mol. The van der Waals surface area contributed by atoms with Gasteiger partial charge >= 0.3 is 0 Å². The monoisotopic (exact) mass is 340 g/mol. The van der Waals surface area contributed by atoms with Gasteiger partial charge in [0, 0.05) is 44.7 Å². The number of carbonyl (C=O) groups excluding carboxylic acids is 1. The molecule has 0 bridgehead atoms. The van der Waals surface area contributed by atoms with Crippen LogP contribution < -0.4 is 9.64 Å². The molecule has 1 spiro atoms. The second-order valence-electron chi connectivity index (χ2n) is 7.34. The number of ether oxygens (including phenoxy) is 1. The van der Waals surface area contributed by atoms with Crippen molar-refractivity contribution in [2.75, 3.05) is 31.6 Å². The van der Waals surface area contributed by atoms with E-state index in [4.69, 9.17) is 4.74 Å². The van der Waals surface area contributed by atoms with E-state index in [9.17, 15) is 4.79 Å². The second kappa shape index (κ2) is 6.19. The number of aryl methyl sites for hydroxylation is 1. The number of carbonyl (C=O) groups is 1. The zero-order valence-corrected chi connectivity index (χ0v) is 14.8. The molecule has 1 atom stereocenters. The Balaban J connectivity index is 1.42. The molecule has 0 saturated carbocycles. The predicted molar refractivity (Wildman–Crippen MR) is 95.5 cm³/mol. The number of methoxy groups -OCH3 is 1. The Morgan fingerprint density at radius 2 is 2.04 bits per heavy atom. The zero-order valence-electron chi connectivity index (χ0n) is 14.8. The molecular formula is C19H24N4O2. The molecule has 4 rings (SSSR count). The molecule has 6 nitrogen and oxygen atoms in total. The number of hydrogen-bond donors (Lipinski definition) is 0. The maximum atomic E-state index is 12.5. The van der Waals surface area contributed by atoms with E-state index in [1.165, 1.54) is 5.56 Å². The van der Waals surface area contributed by atoms with Crippen molar-refractivity contribution < 1.29 is 9.53 Å². The summed E-state index contributed by atoms with van der Waals surface area (Å²) in [6.45, 7) is 3.74. The highest BCUT2D eigenvalue weighted by Gasteiger charge is 2.47. The van der Waals surface area contributed by atoms with E-state index in [1.54, 1.807) is 18.0 Å². The van der Waals surface area contributed by atoms with Gasteiger partial charge in [0.25, 0.3) is 0 Å². The van der Waals surface area contributed by atoms with Crippen LogP contribution in [0.5, 0.6) is 5.75 Å². The Morgan fingerprint density at radius 3 is 2.72 bits per heavy atom. The highest BCUT2D eigenvalue weighted by Crippen LogP contribution is 2.42. The van der Waals surface area contributed by atoms with Crippen LogP contribution in [0.15, 0.2) is 36.7 Å². The summed E-state index contributed by atoms with van der Waals surface area (Å²) < 4.78 is 6.97. The molecule has 3 heterocycles. The summed E-state index contributed by atoms with van der Waals surface area (Å²) in [4.78, 5) is 16.9. The average molecular weight is 340 g/mol. The van der Waals surface area contributed by atoms with Crippen molar-refractivity contribution in [3.05, 3.63) is 42.2 Å². The lowest BCUT2D eigenvalue weighted by Crippen LogP contribution is -2.31. The van der Waals surface area contributed by atoms with Crippen LogP contribution in [0.3, 0.4) is 0 Å². The van der Waals surface area contributed by atoms with Gasteiger partial charge in [0.15, 0.2) is 0 Å². The Kier molecular flexibility index (Phi) is 4.00. The molecule has 2 aromatic rings. The number of benzene rings is 1. The standard InChI is InChI=1S/C19H24N4O2/c1-21-12-16(10-20-21)23-14-19(9-18(23)24)7-8-22(13-19)11-15-3-5-17(25-2)6-4-15/h3-6,10,12H,7-9,11,13-14H2,1-2H3. The summed E-state index contributed by atoms with van der Waals surface area (Å²) in [5, 5.41) is 4.20. The van der Waals surface area contributed by atoms with Gasteiger partial charge in [-0.15, -0.1) is 0 Å². The lowest BCUT2D eigenvalue weighted by Gasteiger charge is -2.24. The number of anilines is 1. The van der Waals surface area contributed by atoms with Gasteiger partial charge in [0.05, 0.1) is 19.0 Å². The molecule has 25 heavy (non-hydrogen) atoms. The number of rotatable bonds is 4. The van der Waals surface area contributed by atoms with Gasteiger partial charge in [0.2, 0.25) is 5.91 Å². The molecule has 2 aliphatic heterocycles. The second-order valence-corrected chi connectivity index (χ2v) is 7.34. The quantitative estimate of drug-likeness (QED) is 0.855. The first kappa shape index (κ1) is 16.1. The molecule has 2 aliphatic rings. The van der Waals surface area contributed by atoms with Crippen LogP contribution in [0.4, 0.5) is 5.69 Å². The van der Waals surface area contributed by atoms with Gasteiger partial charge in [-0.25, -0.2) is 0 Å². The molecule has 0 aliphatic carbocycles. The van der Waals surface area contributed by atoms with E-state index in [1.807, 2.05) is 30.3 Å². The minimum atomic E-state index is 0.0827. The van der Waals surface area contributed by atoms with E-state index in [0.717, 1.165) is 44.0 Å². The van der Waals surface area contributed by atoms with E-state index in [2.05, 4.69) is 22.1 Å². The molecule has 1 aromatic carbocycles. The molecule has 132 valence electrons. The van der Waals surface area contributed by atoms with Crippen LogP contribution in [-0.4, -0.2) is 47.3 Å². The molecule has 2 saturated heterocycles. The molecule has 1 amide bonds. The molecule has 6 heteroatoms. The van der Waals surface area contributed by atoms with Gasteiger partial charge < -0.3 is 9.64 Å². The van der Waals surface area contributed by atoms with Crippen molar-refractivity contribution in [1.82, 2.24) is 14.7 Å². The van der Waals surface area contributed by atoms with Crippen LogP contribution >= 0.6 is 0 Å². The van der Waals surface area contributed by atoms with Crippen molar-refractivity contribution in [3.8, 4) is 5.75 Å². The van der Waals surface area contributed by atoms with Crippen molar-refractivity contribution in [2.24, 2.45) is 12.5 Å². The summed E-state index contributed by atoms with van der Waals surface area (Å²) in [5.74, 6) is 1.11. The first-order valence-electron chi connectivity index (χ1n) is 8.71. The normalized spacial score (nSPS) is 23.8. The SMILES string of the molecule is COc1ccc(CN2CCC3(CC(=O)N(c4cnn(C)c4)C3)C2)cc1. The number of aromatic nitrogens is 2. The first-order chi connectivity index (χ1) is 12.1. The summed E-state index contributed by atoms with van der Waals surface area (Å²) in [7, 11) is 3.57. The Hall–Kier alpha value is -2.34. The third-order valence-electron chi connectivity index (χ3n) is 5.41. The zero-order chi connectivity index (χ0) is 17.4. The van der Waals surface area contributed by atoms with E-state index in [0.29, 0.717) is 6.42 Å². The first-order valence-corrected chi connectivity index (χ1v) is 8.71. The Bertz CT molecular complexity index is 770. The van der Waals surface area contributed by atoms with Crippen LogP contribution in [0.1, 0.15) is 18.4 Å². The predicted octanol–water partition coefficient (Wildman–Crippen LogP) is 2.06. The fourth-order valence-corrected chi connectivity index (χ4v) is 4.10. The van der Waals surface area contributed by atoms with Crippen LogP contribution in [-0.2, 0) is 18.4 Å². The van der Waals surface area contributed by atoms with E-state index in [-0.39, 0.29) is 11.3 Å². The minimum absolute atomic E-state index is 0.0827. The Morgan fingerprint density at radius 1 is 1.24 bits per heavy atom. The largest absolute Gasteiger partial charge is 0.497 e. The van der Waals surface area contributed by atoms with Crippen molar-refractivity contribution in [2.45, 2.75) is 19.4 Å². The van der Waals surface area contributed by atoms with Crippen molar-refractivity contribution in [3.63, 3.8) is 0 Å². The smallest absolute Gasteiger partial charge is 0.227 e. The van der Waals surface area contributed by atoms with Crippen LogP contribution in [0.25, 0.3) is 0 Å². The third-order valence-corrected chi connectivity index (χ3v) is 5.41. The van der Waals surface area contributed by atoms with Crippen LogP contribution in [0.2, 0.25) is 0 Å². The molecule has 0 radical (unpaired) electrons. The molecule has 2 fully saturated rings. The highest BCUT2D eigenvalue weighted by molar-refractivity contribution is 5.96. The van der Waals surface area contributed by atoms with Gasteiger partial charge in [-0.05, 0) is 30.7 Å². The summed E-state index contributed by atoms with van der Waals surface area (Å²) in [6, 6.07) is 8.24. The maximum absolute atomic E-state index is 12.5. The fraction of sp³-hybridized carbons (Fsp3) is 0.474. The molecule has 1 unspecified atom stereocenters. The summed E-state index contributed by atoms with van der Waals surface area (Å²) >= 11 is 0. The Labute approximate surface area is 148 Å². The molecule has 0 N–H and O–H groups in total. The van der Waals surface area contributed by atoms with Crippen LogP contribution in [0, 0.1) is 5.41 Å². The van der Waals surface area contributed by atoms with Gasteiger partial charge in [-0.2, -0.15) is 5.10 Å². The number of amides is 1. The van der Waals surface area contributed by atoms with Gasteiger partial charge in [0.1, 0.15) is 5.75 Å². The number of likely N-dealkylation sites (tertiary alicyclic amines) is 1. The average Bonchev–Trinajstić information content (AvgIpc) is 3.28.